The summed E-state index contributed by atoms with van der Waals surface area (Å²) in [6.45, 7) is 2.49. The molecule has 1 aromatic carbocycles. The van der Waals surface area contributed by atoms with Gasteiger partial charge in [-0.05, 0) is 55.9 Å². The molecule has 4 atom stereocenters. The van der Waals surface area contributed by atoms with Crippen molar-refractivity contribution >= 4 is 21.7 Å². The van der Waals surface area contributed by atoms with Crippen LogP contribution in [0.2, 0.25) is 0 Å². The van der Waals surface area contributed by atoms with E-state index in [9.17, 15) is 17.6 Å². The molecule has 182 valence electrons. The maximum Gasteiger partial charge on any atom is 0.410 e. The molecular formula is C23H31FN2O6S. The van der Waals surface area contributed by atoms with Crippen molar-refractivity contribution in [3.63, 3.8) is 0 Å². The molecule has 10 heteroatoms. The number of ether oxygens (including phenoxy) is 3. The minimum atomic E-state index is -3.46. The quantitative estimate of drug-likeness (QED) is 0.696. The molecule has 4 aliphatic rings. The van der Waals surface area contributed by atoms with Crippen molar-refractivity contribution in [2.24, 2.45) is 0 Å². The number of nitrogens with zero attached hydrogens (tertiary/aromatic N) is 1. The van der Waals surface area contributed by atoms with Gasteiger partial charge in [0.05, 0.1) is 38.2 Å². The molecule has 1 fully saturated rings. The number of hydrogen-bond donors (Lipinski definition) is 1. The van der Waals surface area contributed by atoms with E-state index in [-0.39, 0.29) is 37.8 Å². The van der Waals surface area contributed by atoms with E-state index < -0.39 is 28.2 Å². The van der Waals surface area contributed by atoms with Gasteiger partial charge in [-0.2, -0.15) is 0 Å². The molecule has 5 rings (SSSR count). The Balaban J connectivity index is 1.56. The topological polar surface area (TPSA) is 94.2 Å². The number of amides is 1. The Labute approximate surface area is 194 Å². The van der Waals surface area contributed by atoms with Crippen LogP contribution in [0.15, 0.2) is 24.3 Å². The second kappa shape index (κ2) is 9.99. The number of sulfonamides is 1. The molecule has 0 aromatic heterocycles. The van der Waals surface area contributed by atoms with Crippen LogP contribution in [0.3, 0.4) is 0 Å². The third kappa shape index (κ3) is 6.04. The summed E-state index contributed by atoms with van der Waals surface area (Å²) in [5.41, 5.74) is 1.85. The van der Waals surface area contributed by atoms with Gasteiger partial charge < -0.3 is 14.2 Å². The first-order valence-corrected chi connectivity index (χ1v) is 13.3. The van der Waals surface area contributed by atoms with E-state index in [0.717, 1.165) is 30.2 Å². The second-order valence-corrected chi connectivity index (χ2v) is 10.8. The number of rotatable bonds is 2. The number of carbonyl (C=O) groups excluding carboxylic acids is 1. The number of allylic oxidation sites excluding steroid dienone is 1. The van der Waals surface area contributed by atoms with Crippen LogP contribution < -0.4 is 9.46 Å². The zero-order valence-electron chi connectivity index (χ0n) is 19.0. The summed E-state index contributed by atoms with van der Waals surface area (Å²) in [7, 11) is -3.46. The Morgan fingerprint density at radius 3 is 2.70 bits per heavy atom. The van der Waals surface area contributed by atoms with Crippen LogP contribution in [0.4, 0.5) is 9.18 Å². The standard InChI is InChI=1S/C23H31FN2O6S/c1-15-10-21(25-33(2,28)29)22-14-32-19-6-4-16(5-7-19)17-11-18(24)13-20(12-17)30-8-3-9-31-23(27)26(15)22/h4,11-13,15,19,21-22,25H,3,5-10,14H2,1-2H3/t15-,19+,21+,22+/m1/s1. The molecule has 1 N–H and O–H groups in total. The number of carbonyl (C=O) groups is 1. The molecule has 1 aliphatic carbocycles. The van der Waals surface area contributed by atoms with Gasteiger partial charge in [-0.1, -0.05) is 6.08 Å². The van der Waals surface area contributed by atoms with Crippen molar-refractivity contribution < 1.29 is 31.8 Å². The van der Waals surface area contributed by atoms with E-state index in [1.165, 1.54) is 12.1 Å². The SMILES string of the molecule is C[C@@H]1C[C@H](NS(C)(=O)=O)[C@@H]2CO[C@H]3CC=C(CC3)c3cc(F)cc(c3)OCCCOC(=O)N12. The Kier molecular flexibility index (Phi) is 7.25. The fraction of sp³-hybridized carbons (Fsp3) is 0.609. The summed E-state index contributed by atoms with van der Waals surface area (Å²) in [5.74, 6) is 0.0907. The highest BCUT2D eigenvalue weighted by molar-refractivity contribution is 7.88. The lowest BCUT2D eigenvalue weighted by molar-refractivity contribution is 0.00364. The van der Waals surface area contributed by atoms with Crippen LogP contribution in [0, 0.1) is 5.82 Å². The summed E-state index contributed by atoms with van der Waals surface area (Å²) in [6.07, 6.45) is 5.65. The van der Waals surface area contributed by atoms with Crippen LogP contribution in [0.5, 0.6) is 5.75 Å². The number of fused-ring (bicyclic) bond motifs is 8. The largest absolute Gasteiger partial charge is 0.493 e. The fourth-order valence-corrected chi connectivity index (χ4v) is 5.65. The number of halogens is 1. The van der Waals surface area contributed by atoms with E-state index in [1.807, 2.05) is 13.0 Å². The van der Waals surface area contributed by atoms with Crippen molar-refractivity contribution in [1.29, 1.82) is 0 Å². The van der Waals surface area contributed by atoms with Crippen molar-refractivity contribution in [1.82, 2.24) is 9.62 Å². The third-order valence-corrected chi connectivity index (χ3v) is 7.09. The first kappa shape index (κ1) is 24.0. The van der Waals surface area contributed by atoms with Gasteiger partial charge in [0, 0.05) is 24.6 Å². The average Bonchev–Trinajstić information content (AvgIpc) is 3.04. The minimum absolute atomic E-state index is 0.0682. The van der Waals surface area contributed by atoms with Crippen molar-refractivity contribution in [3.05, 3.63) is 35.7 Å². The molecule has 1 saturated heterocycles. The predicted molar refractivity (Wildman–Crippen MR) is 121 cm³/mol. The number of hydrogen-bond acceptors (Lipinski definition) is 6. The van der Waals surface area contributed by atoms with Crippen LogP contribution in [0.1, 0.15) is 44.6 Å². The van der Waals surface area contributed by atoms with Crippen LogP contribution in [-0.4, -0.2) is 69.7 Å². The van der Waals surface area contributed by atoms with Crippen molar-refractivity contribution in [3.8, 4) is 5.75 Å². The summed E-state index contributed by atoms with van der Waals surface area (Å²) >= 11 is 0. The maximum atomic E-state index is 14.1. The molecule has 4 bridgehead atoms. The molecule has 0 spiro atoms. The Hall–Kier alpha value is -2.17. The molecule has 0 radical (unpaired) electrons. The molecular weight excluding hydrogens is 451 g/mol. The monoisotopic (exact) mass is 482 g/mol. The molecule has 3 heterocycles. The summed E-state index contributed by atoms with van der Waals surface area (Å²) < 4.78 is 57.9. The van der Waals surface area contributed by atoms with E-state index in [2.05, 4.69) is 10.8 Å². The van der Waals surface area contributed by atoms with Crippen molar-refractivity contribution in [2.45, 2.75) is 63.3 Å². The lowest BCUT2D eigenvalue weighted by Crippen LogP contribution is -2.50. The highest BCUT2D eigenvalue weighted by Gasteiger charge is 2.44. The zero-order chi connectivity index (χ0) is 23.6. The van der Waals surface area contributed by atoms with E-state index in [0.29, 0.717) is 25.0 Å². The Morgan fingerprint density at radius 2 is 1.97 bits per heavy atom. The molecule has 0 unspecified atom stereocenters. The first-order valence-electron chi connectivity index (χ1n) is 11.4. The number of benzene rings is 1. The highest BCUT2D eigenvalue weighted by atomic mass is 32.2. The first-order chi connectivity index (χ1) is 15.7. The number of nitrogens with one attached hydrogen (secondary N) is 1. The molecule has 8 nitrogen and oxygen atoms in total. The molecule has 3 aliphatic heterocycles. The molecule has 1 aromatic rings. The fourth-order valence-electron chi connectivity index (χ4n) is 4.85. The van der Waals surface area contributed by atoms with Gasteiger partial charge in [0.1, 0.15) is 11.6 Å². The summed E-state index contributed by atoms with van der Waals surface area (Å²) in [4.78, 5) is 14.5. The van der Waals surface area contributed by atoms with E-state index in [1.54, 1.807) is 4.90 Å². The second-order valence-electron chi connectivity index (χ2n) is 9.01. The molecule has 0 saturated carbocycles. The summed E-state index contributed by atoms with van der Waals surface area (Å²) in [6, 6.07) is 3.57. The normalized spacial score (nSPS) is 29.0. The maximum absolute atomic E-state index is 14.1. The van der Waals surface area contributed by atoms with Gasteiger partial charge >= 0.3 is 6.09 Å². The lowest BCUT2D eigenvalue weighted by atomic mass is 9.92. The lowest BCUT2D eigenvalue weighted by Gasteiger charge is -2.31. The van der Waals surface area contributed by atoms with Gasteiger partial charge in [0.25, 0.3) is 0 Å². The van der Waals surface area contributed by atoms with Crippen molar-refractivity contribution in [2.75, 3.05) is 26.1 Å². The van der Waals surface area contributed by atoms with Crippen LogP contribution in [0.25, 0.3) is 5.57 Å². The predicted octanol–water partition coefficient (Wildman–Crippen LogP) is 3.08. The van der Waals surface area contributed by atoms with Gasteiger partial charge in [0.2, 0.25) is 10.0 Å². The van der Waals surface area contributed by atoms with Crippen LogP contribution in [-0.2, 0) is 19.5 Å². The van der Waals surface area contributed by atoms with E-state index >= 15 is 0 Å². The highest BCUT2D eigenvalue weighted by Crippen LogP contribution is 2.32. The zero-order valence-corrected chi connectivity index (χ0v) is 19.8. The molecule has 33 heavy (non-hydrogen) atoms. The van der Waals surface area contributed by atoms with Gasteiger partial charge in [0.15, 0.2) is 0 Å². The smallest absolute Gasteiger partial charge is 0.410 e. The Bertz CT molecular complexity index is 1010. The Morgan fingerprint density at radius 1 is 1.18 bits per heavy atom. The van der Waals surface area contributed by atoms with E-state index in [4.69, 9.17) is 14.2 Å². The minimum Gasteiger partial charge on any atom is -0.493 e. The summed E-state index contributed by atoms with van der Waals surface area (Å²) in [5, 5.41) is 0. The van der Waals surface area contributed by atoms with Gasteiger partial charge in [-0.25, -0.2) is 22.3 Å². The van der Waals surface area contributed by atoms with Crippen LogP contribution >= 0.6 is 0 Å². The average molecular weight is 483 g/mol. The van der Waals surface area contributed by atoms with Gasteiger partial charge in [-0.15, -0.1) is 0 Å². The molecule has 1 amide bonds. The third-order valence-electron chi connectivity index (χ3n) is 6.36. The van der Waals surface area contributed by atoms with Gasteiger partial charge in [-0.3, -0.25) is 4.90 Å².